The number of nitrogens with zero attached hydrogens (tertiary/aromatic N) is 2. The molecule has 0 radical (unpaired) electrons. The molecule has 158 valence electrons. The number of para-hydroxylation sites is 1. The monoisotopic (exact) mass is 428 g/mol. The molecule has 2 aromatic rings. The van der Waals surface area contributed by atoms with Gasteiger partial charge in [-0.2, -0.15) is 4.98 Å². The number of ether oxygens (including phenoxy) is 1. The molecular weight excluding hydrogens is 406 g/mol. The van der Waals surface area contributed by atoms with Gasteiger partial charge in [0.05, 0.1) is 5.54 Å². The van der Waals surface area contributed by atoms with Crippen LogP contribution >= 0.6 is 7.60 Å². The highest BCUT2D eigenvalue weighted by molar-refractivity contribution is 7.53. The minimum Gasteiger partial charge on any atom is -0.425 e. The predicted molar refractivity (Wildman–Crippen MR) is 102 cm³/mol. The van der Waals surface area contributed by atoms with E-state index >= 15 is 4.39 Å². The Balaban J connectivity index is 1.78. The molecule has 0 amide bonds. The van der Waals surface area contributed by atoms with Crippen molar-refractivity contribution in [1.29, 1.82) is 0 Å². The van der Waals surface area contributed by atoms with Gasteiger partial charge in [0.25, 0.3) is 5.85 Å². The van der Waals surface area contributed by atoms with Crippen molar-refractivity contribution in [1.82, 2.24) is 9.55 Å². The number of aliphatic hydroxyl groups is 1. The second-order valence-corrected chi connectivity index (χ2v) is 9.00. The number of rotatable bonds is 6. The average Bonchev–Trinajstić information content (AvgIpc) is 2.82. The summed E-state index contributed by atoms with van der Waals surface area (Å²) < 4.78 is 44.5. The molecule has 1 unspecified atom stereocenters. The first-order chi connectivity index (χ1) is 13.4. The zero-order valence-corrected chi connectivity index (χ0v) is 16.7. The molecule has 12 heteroatoms. The molecule has 0 saturated carbocycles. The van der Waals surface area contributed by atoms with Crippen molar-refractivity contribution in [3.05, 3.63) is 53.1 Å². The van der Waals surface area contributed by atoms with Crippen molar-refractivity contribution in [2.24, 2.45) is 5.73 Å². The van der Waals surface area contributed by atoms with Crippen LogP contribution in [0.2, 0.25) is 0 Å². The SMILES string of the molecule is C[C@]1(N)[C@H](n2ccc(N)nc2=O)O[C@](F)(COP(C)(=O)Oc2ccccc2)[C@H]1O. The minimum absolute atomic E-state index is 0.0386. The normalized spacial score (nSPS) is 31.3. The molecule has 1 aromatic heterocycles. The van der Waals surface area contributed by atoms with Crippen molar-refractivity contribution in [2.75, 3.05) is 19.0 Å². The zero-order chi connectivity index (χ0) is 21.4. The van der Waals surface area contributed by atoms with Crippen molar-refractivity contribution < 1.29 is 27.8 Å². The van der Waals surface area contributed by atoms with Gasteiger partial charge in [0.15, 0.2) is 6.23 Å². The third-order valence-corrected chi connectivity index (χ3v) is 5.59. The van der Waals surface area contributed by atoms with Crippen LogP contribution in [0, 0.1) is 0 Å². The number of hydrogen-bond donors (Lipinski definition) is 3. The molecule has 1 aliphatic rings. The second kappa shape index (κ2) is 7.51. The lowest BCUT2D eigenvalue weighted by molar-refractivity contribution is -0.203. The molecule has 29 heavy (non-hydrogen) atoms. The predicted octanol–water partition coefficient (Wildman–Crippen LogP) is 1.02. The Hall–Kier alpha value is -2.30. The molecule has 0 bridgehead atoms. The highest BCUT2D eigenvalue weighted by Gasteiger charge is 2.62. The van der Waals surface area contributed by atoms with Crippen LogP contribution in [0.4, 0.5) is 10.2 Å². The van der Waals surface area contributed by atoms with Crippen LogP contribution in [0.5, 0.6) is 5.75 Å². The summed E-state index contributed by atoms with van der Waals surface area (Å²) in [4.78, 5) is 15.6. The Morgan fingerprint density at radius 1 is 1.38 bits per heavy atom. The lowest BCUT2D eigenvalue weighted by Crippen LogP contribution is -2.55. The van der Waals surface area contributed by atoms with Crippen LogP contribution in [0.15, 0.2) is 47.4 Å². The van der Waals surface area contributed by atoms with Crippen molar-refractivity contribution >= 4 is 13.4 Å². The molecule has 1 saturated heterocycles. The van der Waals surface area contributed by atoms with Gasteiger partial charge in [0.2, 0.25) is 0 Å². The fourth-order valence-electron chi connectivity index (χ4n) is 2.95. The highest BCUT2D eigenvalue weighted by atomic mass is 31.2. The third-order valence-electron chi connectivity index (χ3n) is 4.45. The summed E-state index contributed by atoms with van der Waals surface area (Å²) in [5.41, 5.74) is 8.93. The molecule has 1 aromatic carbocycles. The van der Waals surface area contributed by atoms with E-state index in [9.17, 15) is 14.5 Å². The van der Waals surface area contributed by atoms with Gasteiger partial charge in [-0.3, -0.25) is 9.09 Å². The van der Waals surface area contributed by atoms with Gasteiger partial charge < -0.3 is 25.8 Å². The van der Waals surface area contributed by atoms with Gasteiger partial charge in [-0.05, 0) is 25.1 Å². The summed E-state index contributed by atoms with van der Waals surface area (Å²) in [5, 5.41) is 10.4. The van der Waals surface area contributed by atoms with Crippen LogP contribution in [-0.2, 0) is 13.8 Å². The molecule has 0 spiro atoms. The van der Waals surface area contributed by atoms with Gasteiger partial charge in [-0.1, -0.05) is 18.2 Å². The molecule has 5 atom stereocenters. The number of halogens is 1. The maximum Gasteiger partial charge on any atom is 0.376 e. The smallest absolute Gasteiger partial charge is 0.376 e. The quantitative estimate of drug-likeness (QED) is 0.573. The minimum atomic E-state index is -3.75. The fourth-order valence-corrected chi connectivity index (χ4v) is 3.92. The number of nitrogen functional groups attached to an aromatic ring is 1. The van der Waals surface area contributed by atoms with E-state index < -0.39 is 43.6 Å². The Kier molecular flexibility index (Phi) is 5.54. The van der Waals surface area contributed by atoms with E-state index in [1.807, 2.05) is 0 Å². The van der Waals surface area contributed by atoms with Crippen molar-refractivity contribution in [2.45, 2.75) is 30.6 Å². The average molecular weight is 428 g/mol. The van der Waals surface area contributed by atoms with Crippen LogP contribution in [0.3, 0.4) is 0 Å². The molecule has 3 rings (SSSR count). The van der Waals surface area contributed by atoms with Crippen LogP contribution in [0.1, 0.15) is 13.2 Å². The van der Waals surface area contributed by atoms with Gasteiger partial charge in [-0.15, -0.1) is 0 Å². The fraction of sp³-hybridized carbons (Fsp3) is 0.412. The van der Waals surface area contributed by atoms with Gasteiger partial charge in [0.1, 0.15) is 24.3 Å². The molecular formula is C17H22FN4O6P. The molecule has 1 aliphatic heterocycles. The maximum absolute atomic E-state index is 15.4. The second-order valence-electron chi connectivity index (χ2n) is 7.02. The van der Waals surface area contributed by atoms with Gasteiger partial charge in [-0.25, -0.2) is 13.8 Å². The van der Waals surface area contributed by atoms with E-state index in [-0.39, 0.29) is 11.6 Å². The summed E-state index contributed by atoms with van der Waals surface area (Å²) in [6.45, 7) is 1.51. The number of alkyl halides is 1. The number of anilines is 1. The van der Waals surface area contributed by atoms with Crippen LogP contribution < -0.4 is 21.7 Å². The number of nitrogens with two attached hydrogens (primary N) is 2. The van der Waals surface area contributed by atoms with Crippen molar-refractivity contribution in [3.63, 3.8) is 0 Å². The van der Waals surface area contributed by atoms with E-state index in [0.29, 0.717) is 0 Å². The third kappa shape index (κ3) is 4.34. The molecule has 5 N–H and O–H groups in total. The highest BCUT2D eigenvalue weighted by Crippen LogP contribution is 2.49. The standard InChI is InChI=1S/C17H22FN4O6P/c1-16(20)13(23)17(18,27-14(16)22-9-8-12(19)21-15(22)24)10-26-29(2,25)28-11-6-4-3-5-7-11/h3-9,13-14,23H,10,20H2,1-2H3,(H2,19,21,24)/t13-,14+,16+,17+,29?/m0/s1. The van der Waals surface area contributed by atoms with Crippen LogP contribution in [-0.4, -0.2) is 45.4 Å². The molecule has 2 heterocycles. The lowest BCUT2D eigenvalue weighted by Gasteiger charge is -2.29. The molecule has 0 aliphatic carbocycles. The maximum atomic E-state index is 15.4. The summed E-state index contributed by atoms with van der Waals surface area (Å²) in [6.07, 6.45) is -2.11. The number of hydrogen-bond acceptors (Lipinski definition) is 9. The van der Waals surface area contributed by atoms with E-state index in [0.717, 1.165) is 11.2 Å². The Labute approximate surface area is 165 Å². The van der Waals surface area contributed by atoms with Gasteiger partial charge in [0, 0.05) is 12.9 Å². The van der Waals surface area contributed by atoms with Gasteiger partial charge >= 0.3 is 13.3 Å². The van der Waals surface area contributed by atoms with Crippen LogP contribution in [0.25, 0.3) is 0 Å². The Bertz CT molecular complexity index is 987. The summed E-state index contributed by atoms with van der Waals surface area (Å²) in [7, 11) is -3.75. The van der Waals surface area contributed by atoms with E-state index in [2.05, 4.69) is 4.98 Å². The van der Waals surface area contributed by atoms with Crippen molar-refractivity contribution in [3.8, 4) is 5.75 Å². The van der Waals surface area contributed by atoms with E-state index in [4.69, 9.17) is 25.3 Å². The summed E-state index contributed by atoms with van der Waals surface area (Å²) >= 11 is 0. The molecule has 1 fully saturated rings. The zero-order valence-electron chi connectivity index (χ0n) is 15.8. The number of aliphatic hydroxyl groups excluding tert-OH is 1. The summed E-state index contributed by atoms with van der Waals surface area (Å²) in [5.74, 6) is -2.63. The van der Waals surface area contributed by atoms with E-state index in [1.54, 1.807) is 30.3 Å². The lowest BCUT2D eigenvalue weighted by atomic mass is 9.92. The Morgan fingerprint density at radius 3 is 2.66 bits per heavy atom. The summed E-state index contributed by atoms with van der Waals surface area (Å²) in [6, 6.07) is 9.48. The first-order valence-electron chi connectivity index (χ1n) is 8.60. The van der Waals surface area contributed by atoms with E-state index in [1.165, 1.54) is 19.2 Å². The number of aromatic nitrogens is 2. The molecule has 10 nitrogen and oxygen atoms in total. The number of benzene rings is 1. The topological polar surface area (TPSA) is 152 Å². The largest absolute Gasteiger partial charge is 0.425 e. The first-order valence-corrected chi connectivity index (χ1v) is 10.6. The Morgan fingerprint density at radius 2 is 2.03 bits per heavy atom. The first kappa shape index (κ1) is 21.4.